The molecule has 1 aromatic heterocycles. The van der Waals surface area contributed by atoms with Gasteiger partial charge in [0.25, 0.3) is 0 Å². The molecule has 0 aromatic carbocycles. The minimum Gasteiger partial charge on any atom is -0.379 e. The Morgan fingerprint density at radius 1 is 1.50 bits per heavy atom. The molecular weight excluding hydrogens is 210 g/mol. The molecule has 2 heterocycles. The van der Waals surface area contributed by atoms with Crippen LogP contribution in [0, 0.1) is 0 Å². The SMILES string of the molecule is O=C=Nc1cc(CCN2CCOCC2)on1. The van der Waals surface area contributed by atoms with Crippen LogP contribution in [0.15, 0.2) is 15.6 Å². The predicted octanol–water partition coefficient (Wildman–Crippen LogP) is 0.517. The van der Waals surface area contributed by atoms with E-state index in [-0.39, 0.29) is 5.82 Å². The first-order chi connectivity index (χ1) is 7.88. The molecule has 0 unspecified atom stereocenters. The van der Waals surface area contributed by atoms with Crippen molar-refractivity contribution in [2.24, 2.45) is 4.99 Å². The predicted molar refractivity (Wildman–Crippen MR) is 55.2 cm³/mol. The topological polar surface area (TPSA) is 67.9 Å². The van der Waals surface area contributed by atoms with Gasteiger partial charge in [0.1, 0.15) is 5.76 Å². The number of nitrogens with zero attached hydrogens (tertiary/aromatic N) is 3. The summed E-state index contributed by atoms with van der Waals surface area (Å²) in [6, 6.07) is 1.66. The van der Waals surface area contributed by atoms with Gasteiger partial charge in [-0.1, -0.05) is 5.16 Å². The first kappa shape index (κ1) is 11.0. The van der Waals surface area contributed by atoms with E-state index in [1.165, 1.54) is 6.08 Å². The van der Waals surface area contributed by atoms with Gasteiger partial charge >= 0.3 is 0 Å². The molecule has 0 radical (unpaired) electrons. The zero-order valence-electron chi connectivity index (χ0n) is 8.89. The maximum atomic E-state index is 9.99. The molecular formula is C10H13N3O3. The summed E-state index contributed by atoms with van der Waals surface area (Å²) in [5.74, 6) is 1.02. The van der Waals surface area contributed by atoms with Crippen LogP contribution in [0.4, 0.5) is 5.82 Å². The molecule has 0 N–H and O–H groups in total. The number of aromatic nitrogens is 1. The molecule has 0 saturated carbocycles. The Bertz CT molecular complexity index is 378. The zero-order valence-corrected chi connectivity index (χ0v) is 8.89. The van der Waals surface area contributed by atoms with Crippen LogP contribution in [0.2, 0.25) is 0 Å². The van der Waals surface area contributed by atoms with Gasteiger partial charge in [0, 0.05) is 32.1 Å². The molecule has 0 bridgehead atoms. The van der Waals surface area contributed by atoms with E-state index >= 15 is 0 Å². The molecule has 0 aliphatic carbocycles. The highest BCUT2D eigenvalue weighted by Gasteiger charge is 2.11. The van der Waals surface area contributed by atoms with Gasteiger partial charge in [0.05, 0.1) is 13.2 Å². The largest absolute Gasteiger partial charge is 0.379 e. The molecule has 1 aliphatic rings. The zero-order chi connectivity index (χ0) is 11.2. The second-order valence-corrected chi connectivity index (χ2v) is 3.56. The quantitative estimate of drug-likeness (QED) is 0.549. The Balaban J connectivity index is 1.81. The van der Waals surface area contributed by atoms with Gasteiger partial charge in [-0.25, -0.2) is 4.79 Å². The molecule has 6 nitrogen and oxygen atoms in total. The van der Waals surface area contributed by atoms with Crippen molar-refractivity contribution in [3.8, 4) is 0 Å². The molecule has 86 valence electrons. The summed E-state index contributed by atoms with van der Waals surface area (Å²) in [4.78, 5) is 15.7. The van der Waals surface area contributed by atoms with Gasteiger partial charge in [0.15, 0.2) is 0 Å². The highest BCUT2D eigenvalue weighted by Crippen LogP contribution is 2.12. The number of isocyanates is 1. The number of carbonyl (C=O) groups excluding carboxylic acids is 1. The van der Waals surface area contributed by atoms with Gasteiger partial charge in [-0.3, -0.25) is 4.90 Å². The number of aliphatic imine (C=N–C) groups is 1. The van der Waals surface area contributed by atoms with E-state index < -0.39 is 0 Å². The Morgan fingerprint density at radius 3 is 3.06 bits per heavy atom. The van der Waals surface area contributed by atoms with Gasteiger partial charge < -0.3 is 9.26 Å². The fourth-order valence-corrected chi connectivity index (χ4v) is 1.61. The van der Waals surface area contributed by atoms with E-state index in [1.807, 2.05) is 0 Å². The molecule has 1 fully saturated rings. The Labute approximate surface area is 92.9 Å². The highest BCUT2D eigenvalue weighted by atomic mass is 16.5. The van der Waals surface area contributed by atoms with Gasteiger partial charge in [-0.2, -0.15) is 0 Å². The van der Waals surface area contributed by atoms with Crippen LogP contribution in [0.5, 0.6) is 0 Å². The third-order valence-electron chi connectivity index (χ3n) is 2.48. The molecule has 6 heteroatoms. The lowest BCUT2D eigenvalue weighted by molar-refractivity contribution is 0.0377. The third-order valence-corrected chi connectivity index (χ3v) is 2.48. The van der Waals surface area contributed by atoms with E-state index in [1.54, 1.807) is 6.07 Å². The monoisotopic (exact) mass is 223 g/mol. The molecule has 0 spiro atoms. The summed E-state index contributed by atoms with van der Waals surface area (Å²) in [7, 11) is 0. The van der Waals surface area contributed by atoms with Crippen LogP contribution < -0.4 is 0 Å². The summed E-state index contributed by atoms with van der Waals surface area (Å²) in [5, 5.41) is 3.62. The molecule has 1 aromatic rings. The standard InChI is InChI=1S/C10H13N3O3/c14-8-11-10-7-9(16-12-10)1-2-13-3-5-15-6-4-13/h7H,1-6H2. The number of hydrogen-bond acceptors (Lipinski definition) is 6. The van der Waals surface area contributed by atoms with Gasteiger partial charge in [-0.05, 0) is 0 Å². The fraction of sp³-hybridized carbons (Fsp3) is 0.600. The summed E-state index contributed by atoms with van der Waals surface area (Å²) in [6.45, 7) is 4.39. The highest BCUT2D eigenvalue weighted by molar-refractivity contribution is 5.43. The smallest absolute Gasteiger partial charge is 0.242 e. The van der Waals surface area contributed by atoms with E-state index in [9.17, 15) is 4.79 Å². The molecule has 16 heavy (non-hydrogen) atoms. The third kappa shape index (κ3) is 3.00. The van der Waals surface area contributed by atoms with Crippen molar-refractivity contribution in [1.29, 1.82) is 0 Å². The lowest BCUT2D eigenvalue weighted by atomic mass is 10.3. The van der Waals surface area contributed by atoms with E-state index in [4.69, 9.17) is 9.26 Å². The normalized spacial score (nSPS) is 17.0. The Kier molecular flexibility index (Phi) is 3.82. The van der Waals surface area contributed by atoms with Crippen molar-refractivity contribution in [2.45, 2.75) is 6.42 Å². The summed E-state index contributed by atoms with van der Waals surface area (Å²) in [5.41, 5.74) is 0. The number of morpholine rings is 1. The van der Waals surface area contributed by atoms with Crippen molar-refractivity contribution in [3.05, 3.63) is 11.8 Å². The van der Waals surface area contributed by atoms with Crippen LogP contribution in [-0.2, 0) is 16.0 Å². The molecule has 1 aliphatic heterocycles. The molecule has 0 atom stereocenters. The van der Waals surface area contributed by atoms with Crippen LogP contribution in [0.25, 0.3) is 0 Å². The van der Waals surface area contributed by atoms with E-state index in [0.717, 1.165) is 45.0 Å². The lowest BCUT2D eigenvalue weighted by Crippen LogP contribution is -2.37. The van der Waals surface area contributed by atoms with E-state index in [2.05, 4.69) is 15.0 Å². The van der Waals surface area contributed by atoms with E-state index in [0.29, 0.717) is 0 Å². The number of ether oxygens (including phenoxy) is 1. The van der Waals surface area contributed by atoms with Crippen molar-refractivity contribution in [3.63, 3.8) is 0 Å². The first-order valence-electron chi connectivity index (χ1n) is 5.22. The minimum absolute atomic E-state index is 0.284. The maximum Gasteiger partial charge on any atom is 0.242 e. The van der Waals surface area contributed by atoms with Crippen LogP contribution in [0.1, 0.15) is 5.76 Å². The lowest BCUT2D eigenvalue weighted by Gasteiger charge is -2.25. The number of hydrogen-bond donors (Lipinski definition) is 0. The minimum atomic E-state index is 0.284. The molecule has 0 amide bonds. The fourth-order valence-electron chi connectivity index (χ4n) is 1.61. The van der Waals surface area contributed by atoms with Crippen molar-refractivity contribution in [1.82, 2.24) is 10.1 Å². The molecule has 2 rings (SSSR count). The molecule has 1 saturated heterocycles. The van der Waals surface area contributed by atoms with Crippen molar-refractivity contribution in [2.75, 3.05) is 32.8 Å². The van der Waals surface area contributed by atoms with Gasteiger partial charge in [0.2, 0.25) is 11.9 Å². The Morgan fingerprint density at radius 2 is 2.31 bits per heavy atom. The maximum absolute atomic E-state index is 9.99. The number of rotatable bonds is 4. The summed E-state index contributed by atoms with van der Waals surface area (Å²) in [6.07, 6.45) is 2.19. The average molecular weight is 223 g/mol. The first-order valence-corrected chi connectivity index (χ1v) is 5.22. The van der Waals surface area contributed by atoms with Gasteiger partial charge in [-0.15, -0.1) is 4.99 Å². The van der Waals surface area contributed by atoms with Crippen molar-refractivity contribution < 1.29 is 14.1 Å². The Hall–Kier alpha value is -1.49. The van der Waals surface area contributed by atoms with Crippen molar-refractivity contribution >= 4 is 11.9 Å². The van der Waals surface area contributed by atoms with Crippen LogP contribution in [0.3, 0.4) is 0 Å². The summed E-state index contributed by atoms with van der Waals surface area (Å²) >= 11 is 0. The second-order valence-electron chi connectivity index (χ2n) is 3.56. The average Bonchev–Trinajstić information content (AvgIpc) is 2.76. The van der Waals surface area contributed by atoms with Crippen LogP contribution >= 0.6 is 0 Å². The summed E-state index contributed by atoms with van der Waals surface area (Å²) < 4.78 is 10.3. The van der Waals surface area contributed by atoms with Crippen LogP contribution in [-0.4, -0.2) is 49.0 Å². The second kappa shape index (κ2) is 5.55.